The number of nitrogens with zero attached hydrogens (tertiary/aromatic N) is 2. The maximum atomic E-state index is 12.1. The second-order valence-corrected chi connectivity index (χ2v) is 4.95. The van der Waals surface area contributed by atoms with E-state index in [-0.39, 0.29) is 0 Å². The number of rotatable bonds is 4. The Morgan fingerprint density at radius 2 is 1.83 bits per heavy atom. The number of nitrogen functional groups attached to an aromatic ring is 1. The molecule has 1 aromatic carbocycles. The fourth-order valence-corrected chi connectivity index (χ4v) is 2.14. The largest absolute Gasteiger partial charge is 0.481 e. The normalized spacial score (nSPS) is 10.2. The molecule has 120 valence electrons. The molecule has 0 unspecified atom stereocenters. The second-order valence-electron chi connectivity index (χ2n) is 4.95. The minimum absolute atomic E-state index is 0.309. The lowest BCUT2D eigenvalue weighted by Gasteiger charge is -2.09. The summed E-state index contributed by atoms with van der Waals surface area (Å²) in [5.74, 6) is 0.670. The molecule has 0 aliphatic rings. The molecule has 3 aromatic rings. The van der Waals surface area contributed by atoms with E-state index in [0.717, 1.165) is 5.56 Å². The van der Waals surface area contributed by atoms with Gasteiger partial charge in [0.15, 0.2) is 0 Å². The molecule has 6 heteroatoms. The summed E-state index contributed by atoms with van der Waals surface area (Å²) >= 11 is 0. The van der Waals surface area contributed by atoms with Gasteiger partial charge in [-0.1, -0.05) is 18.2 Å². The van der Waals surface area contributed by atoms with Crippen LogP contribution in [0.5, 0.6) is 11.6 Å². The summed E-state index contributed by atoms with van der Waals surface area (Å²) in [6.07, 6.45) is 3.03. The van der Waals surface area contributed by atoms with Crippen molar-refractivity contribution in [3.63, 3.8) is 0 Å². The maximum absolute atomic E-state index is 12.1. The van der Waals surface area contributed by atoms with Crippen molar-refractivity contribution in [2.24, 2.45) is 0 Å². The Hall–Kier alpha value is -3.41. The van der Waals surface area contributed by atoms with Crippen molar-refractivity contribution >= 4 is 11.8 Å². The van der Waals surface area contributed by atoms with Crippen LogP contribution in [0.15, 0.2) is 60.9 Å². The van der Waals surface area contributed by atoms with Gasteiger partial charge < -0.3 is 15.2 Å². The van der Waals surface area contributed by atoms with Crippen molar-refractivity contribution in [3.05, 3.63) is 66.5 Å². The zero-order valence-corrected chi connectivity index (χ0v) is 13.0. The highest BCUT2D eigenvalue weighted by Crippen LogP contribution is 2.28. The van der Waals surface area contributed by atoms with Gasteiger partial charge in [0.05, 0.1) is 18.9 Å². The van der Waals surface area contributed by atoms with Crippen molar-refractivity contribution < 1.29 is 14.3 Å². The molecular weight excluding hydrogens is 306 g/mol. The second kappa shape index (κ2) is 6.78. The van der Waals surface area contributed by atoms with Crippen LogP contribution in [0.1, 0.15) is 10.4 Å². The Balaban J connectivity index is 1.87. The van der Waals surface area contributed by atoms with E-state index in [9.17, 15) is 4.79 Å². The Morgan fingerprint density at radius 1 is 1.04 bits per heavy atom. The molecule has 0 aliphatic carbocycles. The average molecular weight is 321 g/mol. The number of carbonyl (C=O) groups is 1. The molecule has 0 radical (unpaired) electrons. The fourth-order valence-electron chi connectivity index (χ4n) is 2.14. The number of pyridine rings is 2. The Bertz CT molecular complexity index is 849. The number of esters is 1. The minimum atomic E-state index is -0.457. The van der Waals surface area contributed by atoms with E-state index in [1.165, 1.54) is 6.20 Å². The van der Waals surface area contributed by atoms with E-state index in [2.05, 4.69) is 9.97 Å². The topological polar surface area (TPSA) is 87.3 Å². The predicted octanol–water partition coefficient (Wildman–Crippen LogP) is 2.95. The van der Waals surface area contributed by atoms with Crippen molar-refractivity contribution in [2.45, 2.75) is 0 Å². The first-order valence-electron chi connectivity index (χ1n) is 7.20. The highest BCUT2D eigenvalue weighted by Gasteiger charge is 2.11. The molecule has 6 nitrogen and oxygen atoms in total. The number of anilines is 1. The minimum Gasteiger partial charge on any atom is -0.481 e. The Labute approximate surface area is 138 Å². The summed E-state index contributed by atoms with van der Waals surface area (Å²) < 4.78 is 10.4. The van der Waals surface area contributed by atoms with Gasteiger partial charge in [0.2, 0.25) is 5.88 Å². The van der Waals surface area contributed by atoms with E-state index in [0.29, 0.717) is 28.6 Å². The van der Waals surface area contributed by atoms with Gasteiger partial charge in [-0.05, 0) is 24.3 Å². The van der Waals surface area contributed by atoms with E-state index < -0.39 is 5.97 Å². The first-order valence-corrected chi connectivity index (χ1v) is 7.20. The van der Waals surface area contributed by atoms with Gasteiger partial charge in [-0.15, -0.1) is 0 Å². The molecule has 24 heavy (non-hydrogen) atoms. The predicted molar refractivity (Wildman–Crippen MR) is 89.8 cm³/mol. The third kappa shape index (κ3) is 3.33. The van der Waals surface area contributed by atoms with Gasteiger partial charge in [-0.25, -0.2) is 14.8 Å². The smallest absolute Gasteiger partial charge is 0.343 e. The van der Waals surface area contributed by atoms with Crippen LogP contribution < -0.4 is 15.2 Å². The summed E-state index contributed by atoms with van der Waals surface area (Å²) in [4.78, 5) is 20.3. The molecule has 0 fully saturated rings. The van der Waals surface area contributed by atoms with Crippen LogP contribution in [0, 0.1) is 0 Å². The van der Waals surface area contributed by atoms with Crippen molar-refractivity contribution in [2.75, 3.05) is 12.8 Å². The number of nitrogens with two attached hydrogens (primary N) is 1. The zero-order chi connectivity index (χ0) is 16.9. The molecule has 0 spiro atoms. The van der Waals surface area contributed by atoms with Gasteiger partial charge in [0.1, 0.15) is 11.6 Å². The van der Waals surface area contributed by atoms with Crippen molar-refractivity contribution in [1.29, 1.82) is 0 Å². The first-order chi connectivity index (χ1) is 11.7. The molecule has 0 saturated carbocycles. The molecule has 2 N–H and O–H groups in total. The van der Waals surface area contributed by atoms with Crippen molar-refractivity contribution in [3.8, 4) is 22.8 Å². The summed E-state index contributed by atoms with van der Waals surface area (Å²) in [6, 6.07) is 13.9. The van der Waals surface area contributed by atoms with Crippen LogP contribution >= 0.6 is 0 Å². The SMILES string of the molecule is COc1ccc(-c2cc(OC(=O)c3ccccc3)cnc2N)cn1. The maximum Gasteiger partial charge on any atom is 0.343 e. The number of aromatic nitrogens is 2. The summed E-state index contributed by atoms with van der Waals surface area (Å²) in [5, 5.41) is 0. The van der Waals surface area contributed by atoms with E-state index >= 15 is 0 Å². The molecule has 0 aliphatic heterocycles. The third-order valence-electron chi connectivity index (χ3n) is 3.37. The molecule has 0 amide bonds. The standard InChI is InChI=1S/C18H15N3O3/c1-23-16-8-7-13(10-20-16)15-9-14(11-21-17(15)19)24-18(22)12-5-3-2-4-6-12/h2-11H,1H3,(H2,19,21). The highest BCUT2D eigenvalue weighted by atomic mass is 16.5. The lowest BCUT2D eigenvalue weighted by Crippen LogP contribution is -2.09. The number of hydrogen-bond acceptors (Lipinski definition) is 6. The first kappa shape index (κ1) is 15.5. The van der Waals surface area contributed by atoms with Crippen LogP contribution in [0.25, 0.3) is 11.1 Å². The fraction of sp³-hybridized carbons (Fsp3) is 0.0556. The Morgan fingerprint density at radius 3 is 2.50 bits per heavy atom. The van der Waals surface area contributed by atoms with Gasteiger partial charge in [-0.3, -0.25) is 0 Å². The molecule has 0 saturated heterocycles. The van der Waals surface area contributed by atoms with Crippen molar-refractivity contribution in [1.82, 2.24) is 9.97 Å². The Kier molecular flexibility index (Phi) is 4.38. The van der Waals surface area contributed by atoms with Gasteiger partial charge in [0, 0.05) is 23.4 Å². The zero-order valence-electron chi connectivity index (χ0n) is 13.0. The van der Waals surface area contributed by atoms with Crippen LogP contribution in [0.4, 0.5) is 5.82 Å². The number of ether oxygens (including phenoxy) is 2. The monoisotopic (exact) mass is 321 g/mol. The summed E-state index contributed by atoms with van der Waals surface area (Å²) in [5.41, 5.74) is 7.76. The van der Waals surface area contributed by atoms with Crippen LogP contribution in [-0.4, -0.2) is 23.0 Å². The summed E-state index contributed by atoms with van der Waals surface area (Å²) in [7, 11) is 1.54. The van der Waals surface area contributed by atoms with Crippen LogP contribution in [0.2, 0.25) is 0 Å². The van der Waals surface area contributed by atoms with E-state index in [4.69, 9.17) is 15.2 Å². The molecular formula is C18H15N3O3. The third-order valence-corrected chi connectivity index (χ3v) is 3.37. The molecule has 3 rings (SSSR count). The molecule has 0 bridgehead atoms. The number of carbonyl (C=O) groups excluding carboxylic acids is 1. The molecule has 2 heterocycles. The van der Waals surface area contributed by atoms with Crippen LogP contribution in [-0.2, 0) is 0 Å². The van der Waals surface area contributed by atoms with E-state index in [1.807, 2.05) is 12.1 Å². The van der Waals surface area contributed by atoms with E-state index in [1.54, 1.807) is 49.7 Å². The quantitative estimate of drug-likeness (QED) is 0.743. The highest BCUT2D eigenvalue weighted by molar-refractivity contribution is 5.91. The number of benzene rings is 1. The van der Waals surface area contributed by atoms with Gasteiger partial charge in [-0.2, -0.15) is 0 Å². The average Bonchev–Trinajstić information content (AvgIpc) is 2.64. The summed E-state index contributed by atoms with van der Waals surface area (Å²) in [6.45, 7) is 0. The lowest BCUT2D eigenvalue weighted by molar-refractivity contribution is 0.0734. The van der Waals surface area contributed by atoms with Gasteiger partial charge in [0.25, 0.3) is 0 Å². The number of hydrogen-bond donors (Lipinski definition) is 1. The molecule has 2 aromatic heterocycles. The molecule has 0 atom stereocenters. The van der Waals surface area contributed by atoms with Crippen LogP contribution in [0.3, 0.4) is 0 Å². The van der Waals surface area contributed by atoms with Gasteiger partial charge >= 0.3 is 5.97 Å². The lowest BCUT2D eigenvalue weighted by atomic mass is 10.1. The number of methoxy groups -OCH3 is 1.